The summed E-state index contributed by atoms with van der Waals surface area (Å²) in [6, 6.07) is 5.78. The number of likely N-dealkylation sites (tertiary alicyclic amines) is 1. The van der Waals surface area contributed by atoms with E-state index in [-0.39, 0.29) is 17.8 Å². The topological polar surface area (TPSA) is 38.8 Å². The highest BCUT2D eigenvalue weighted by Crippen LogP contribution is 2.30. The van der Waals surface area contributed by atoms with Crippen molar-refractivity contribution in [2.75, 3.05) is 13.1 Å². The first-order chi connectivity index (χ1) is 10.5. The van der Waals surface area contributed by atoms with Crippen LogP contribution in [0.4, 0.5) is 18.0 Å². The molecule has 1 heterocycles. The third-order valence-corrected chi connectivity index (χ3v) is 3.43. The Morgan fingerprint density at radius 2 is 1.78 bits per heavy atom. The maximum Gasteiger partial charge on any atom is 0.573 e. The standard InChI is InChI=1S/C16H20F3NO3/c1-15(2,3)23-14(21)20-9-8-12(10-20)11-4-6-13(7-5-11)22-16(17,18)19/h4-7,12H,8-10H2,1-3H3. The average Bonchev–Trinajstić information content (AvgIpc) is 2.85. The Labute approximate surface area is 133 Å². The Bertz CT molecular complexity index is 549. The summed E-state index contributed by atoms with van der Waals surface area (Å²) in [5.74, 6) is -0.161. The Kier molecular flexibility index (Phi) is 4.77. The van der Waals surface area contributed by atoms with Crippen molar-refractivity contribution >= 4 is 6.09 Å². The summed E-state index contributed by atoms with van der Waals surface area (Å²) in [6.45, 7) is 6.47. The summed E-state index contributed by atoms with van der Waals surface area (Å²) in [4.78, 5) is 13.6. The molecule has 0 spiro atoms. The van der Waals surface area contributed by atoms with Crippen LogP contribution in [0.2, 0.25) is 0 Å². The van der Waals surface area contributed by atoms with Crippen molar-refractivity contribution in [1.29, 1.82) is 0 Å². The van der Waals surface area contributed by atoms with Crippen LogP contribution in [-0.2, 0) is 4.74 Å². The molecule has 1 aliphatic heterocycles. The molecule has 1 aliphatic rings. The van der Waals surface area contributed by atoms with E-state index in [2.05, 4.69) is 4.74 Å². The van der Waals surface area contributed by atoms with Crippen molar-refractivity contribution in [1.82, 2.24) is 4.90 Å². The molecule has 0 saturated carbocycles. The van der Waals surface area contributed by atoms with E-state index in [1.54, 1.807) is 37.8 Å². The third kappa shape index (κ3) is 5.33. The molecule has 2 rings (SSSR count). The molecule has 1 aromatic carbocycles. The number of carbonyl (C=O) groups is 1. The number of nitrogens with zero attached hydrogens (tertiary/aromatic N) is 1. The van der Waals surface area contributed by atoms with E-state index in [0.717, 1.165) is 12.0 Å². The number of benzene rings is 1. The van der Waals surface area contributed by atoms with Gasteiger partial charge in [0.15, 0.2) is 0 Å². The summed E-state index contributed by atoms with van der Waals surface area (Å²) in [7, 11) is 0. The molecule has 4 nitrogen and oxygen atoms in total. The van der Waals surface area contributed by atoms with Gasteiger partial charge in [0.2, 0.25) is 0 Å². The zero-order chi connectivity index (χ0) is 17.3. The molecule has 23 heavy (non-hydrogen) atoms. The number of ether oxygens (including phenoxy) is 2. The van der Waals surface area contributed by atoms with E-state index in [1.807, 2.05) is 0 Å². The van der Waals surface area contributed by atoms with E-state index in [0.29, 0.717) is 13.1 Å². The molecule has 0 aromatic heterocycles. The monoisotopic (exact) mass is 331 g/mol. The van der Waals surface area contributed by atoms with E-state index >= 15 is 0 Å². The maximum absolute atomic E-state index is 12.1. The van der Waals surface area contributed by atoms with E-state index in [9.17, 15) is 18.0 Å². The highest BCUT2D eigenvalue weighted by molar-refractivity contribution is 5.68. The van der Waals surface area contributed by atoms with E-state index in [1.165, 1.54) is 12.1 Å². The highest BCUT2D eigenvalue weighted by Gasteiger charge is 2.32. The van der Waals surface area contributed by atoms with Gasteiger partial charge >= 0.3 is 12.5 Å². The largest absolute Gasteiger partial charge is 0.573 e. The molecule has 1 unspecified atom stereocenters. The van der Waals surface area contributed by atoms with Gasteiger partial charge in [0, 0.05) is 19.0 Å². The number of carbonyl (C=O) groups excluding carboxylic acids is 1. The zero-order valence-corrected chi connectivity index (χ0v) is 13.3. The second-order valence-corrected chi connectivity index (χ2v) is 6.53. The molecular formula is C16H20F3NO3. The van der Waals surface area contributed by atoms with Crippen LogP contribution in [0.3, 0.4) is 0 Å². The second-order valence-electron chi connectivity index (χ2n) is 6.53. The summed E-state index contributed by atoms with van der Waals surface area (Å²) in [5.41, 5.74) is 0.330. The van der Waals surface area contributed by atoms with Gasteiger partial charge in [-0.2, -0.15) is 0 Å². The molecule has 0 radical (unpaired) electrons. The lowest BCUT2D eigenvalue weighted by Gasteiger charge is -2.24. The van der Waals surface area contributed by atoms with Gasteiger partial charge in [0.1, 0.15) is 11.4 Å². The Morgan fingerprint density at radius 3 is 2.30 bits per heavy atom. The summed E-state index contributed by atoms with van der Waals surface area (Å²) >= 11 is 0. The predicted octanol–water partition coefficient (Wildman–Crippen LogP) is 4.31. The van der Waals surface area contributed by atoms with Crippen molar-refractivity contribution in [3.8, 4) is 5.75 Å². The van der Waals surface area contributed by atoms with Gasteiger partial charge in [-0.15, -0.1) is 13.2 Å². The number of hydrogen-bond acceptors (Lipinski definition) is 3. The van der Waals surface area contributed by atoms with Gasteiger partial charge in [-0.25, -0.2) is 4.79 Å². The lowest BCUT2D eigenvalue weighted by atomic mass is 9.98. The molecule has 1 saturated heterocycles. The maximum atomic E-state index is 12.1. The number of amides is 1. The lowest BCUT2D eigenvalue weighted by molar-refractivity contribution is -0.274. The molecule has 1 atom stereocenters. The normalized spacial score (nSPS) is 18.9. The van der Waals surface area contributed by atoms with Crippen molar-refractivity contribution < 1.29 is 27.4 Å². The fourth-order valence-corrected chi connectivity index (χ4v) is 2.47. The first kappa shape index (κ1) is 17.4. The van der Waals surface area contributed by atoms with Crippen molar-refractivity contribution in [3.63, 3.8) is 0 Å². The molecule has 0 bridgehead atoms. The van der Waals surface area contributed by atoms with Gasteiger partial charge in [-0.3, -0.25) is 0 Å². The van der Waals surface area contributed by atoms with Crippen LogP contribution in [0.15, 0.2) is 24.3 Å². The third-order valence-electron chi connectivity index (χ3n) is 3.43. The van der Waals surface area contributed by atoms with Crippen LogP contribution in [0, 0.1) is 0 Å². The second kappa shape index (κ2) is 6.29. The Hall–Kier alpha value is -1.92. The summed E-state index contributed by atoms with van der Waals surface area (Å²) < 4.78 is 45.6. The van der Waals surface area contributed by atoms with Crippen LogP contribution in [0.1, 0.15) is 38.7 Å². The van der Waals surface area contributed by atoms with Gasteiger partial charge < -0.3 is 14.4 Å². The summed E-state index contributed by atoms with van der Waals surface area (Å²) in [5, 5.41) is 0. The van der Waals surface area contributed by atoms with Gasteiger partial charge in [0.25, 0.3) is 0 Å². The van der Waals surface area contributed by atoms with Crippen LogP contribution >= 0.6 is 0 Å². The van der Waals surface area contributed by atoms with Gasteiger partial charge in [-0.1, -0.05) is 12.1 Å². The summed E-state index contributed by atoms with van der Waals surface area (Å²) in [6.07, 6.45) is -4.31. The minimum absolute atomic E-state index is 0.0856. The Morgan fingerprint density at radius 1 is 1.17 bits per heavy atom. The SMILES string of the molecule is CC(C)(C)OC(=O)N1CCC(c2ccc(OC(F)(F)F)cc2)C1. The fourth-order valence-electron chi connectivity index (χ4n) is 2.47. The molecule has 1 amide bonds. The first-order valence-electron chi connectivity index (χ1n) is 7.37. The number of halogens is 3. The smallest absolute Gasteiger partial charge is 0.444 e. The van der Waals surface area contributed by atoms with Gasteiger partial charge in [0.05, 0.1) is 0 Å². The average molecular weight is 331 g/mol. The number of alkyl halides is 3. The van der Waals surface area contributed by atoms with Crippen LogP contribution < -0.4 is 4.74 Å². The quantitative estimate of drug-likeness (QED) is 0.810. The molecule has 0 aliphatic carbocycles. The van der Waals surface area contributed by atoms with Gasteiger partial charge in [-0.05, 0) is 44.9 Å². The molecule has 0 N–H and O–H groups in total. The van der Waals surface area contributed by atoms with Crippen molar-refractivity contribution in [3.05, 3.63) is 29.8 Å². The molecular weight excluding hydrogens is 311 g/mol. The molecule has 1 aromatic rings. The van der Waals surface area contributed by atoms with E-state index < -0.39 is 12.0 Å². The lowest BCUT2D eigenvalue weighted by Crippen LogP contribution is -2.35. The first-order valence-corrected chi connectivity index (χ1v) is 7.37. The predicted molar refractivity (Wildman–Crippen MR) is 78.3 cm³/mol. The van der Waals surface area contributed by atoms with Crippen LogP contribution in [0.5, 0.6) is 5.75 Å². The molecule has 7 heteroatoms. The fraction of sp³-hybridized carbons (Fsp3) is 0.562. The Balaban J connectivity index is 1.95. The van der Waals surface area contributed by atoms with Crippen LogP contribution in [0.25, 0.3) is 0 Å². The molecule has 128 valence electrons. The van der Waals surface area contributed by atoms with E-state index in [4.69, 9.17) is 4.74 Å². The zero-order valence-electron chi connectivity index (χ0n) is 13.3. The number of rotatable bonds is 2. The van der Waals surface area contributed by atoms with Crippen molar-refractivity contribution in [2.24, 2.45) is 0 Å². The molecule has 1 fully saturated rings. The van der Waals surface area contributed by atoms with Crippen LogP contribution in [-0.4, -0.2) is 36.0 Å². The minimum atomic E-state index is -4.69. The van der Waals surface area contributed by atoms with Crippen molar-refractivity contribution in [2.45, 2.75) is 45.1 Å². The number of hydrogen-bond donors (Lipinski definition) is 0. The highest BCUT2D eigenvalue weighted by atomic mass is 19.4. The minimum Gasteiger partial charge on any atom is -0.444 e.